The van der Waals surface area contributed by atoms with Gasteiger partial charge in [-0.15, -0.1) is 0 Å². The summed E-state index contributed by atoms with van der Waals surface area (Å²) in [7, 11) is 0. The van der Waals surface area contributed by atoms with Crippen molar-refractivity contribution in [1.82, 2.24) is 0 Å². The molecule has 0 bridgehead atoms. The SMILES string of the molecule is CC(C)COC(=O)CN=C(N)N. The maximum atomic E-state index is 10.8. The molecule has 0 saturated carbocycles. The van der Waals surface area contributed by atoms with Crippen molar-refractivity contribution in [2.45, 2.75) is 13.8 Å². The van der Waals surface area contributed by atoms with Gasteiger partial charge in [0.15, 0.2) is 5.96 Å². The Morgan fingerprint density at radius 3 is 2.50 bits per heavy atom. The molecule has 0 aromatic carbocycles. The lowest BCUT2D eigenvalue weighted by atomic mass is 10.2. The van der Waals surface area contributed by atoms with Crippen LogP contribution in [0.1, 0.15) is 13.8 Å². The second kappa shape index (κ2) is 5.40. The second-order valence-corrected chi connectivity index (χ2v) is 2.82. The van der Waals surface area contributed by atoms with Crippen molar-refractivity contribution >= 4 is 11.9 Å². The first kappa shape index (κ1) is 10.7. The van der Waals surface area contributed by atoms with E-state index in [0.29, 0.717) is 12.5 Å². The van der Waals surface area contributed by atoms with E-state index in [1.54, 1.807) is 0 Å². The first-order valence-corrected chi connectivity index (χ1v) is 3.73. The van der Waals surface area contributed by atoms with Crippen molar-refractivity contribution in [2.75, 3.05) is 13.2 Å². The molecular weight excluding hydrogens is 158 g/mol. The van der Waals surface area contributed by atoms with Crippen LogP contribution in [0.15, 0.2) is 4.99 Å². The van der Waals surface area contributed by atoms with E-state index >= 15 is 0 Å². The van der Waals surface area contributed by atoms with Gasteiger partial charge in [0.1, 0.15) is 6.54 Å². The molecule has 0 rings (SSSR count). The molecule has 0 radical (unpaired) electrons. The van der Waals surface area contributed by atoms with Crippen LogP contribution in [0.2, 0.25) is 0 Å². The van der Waals surface area contributed by atoms with E-state index in [-0.39, 0.29) is 12.5 Å². The molecule has 0 saturated heterocycles. The zero-order chi connectivity index (χ0) is 9.56. The third-order valence-corrected chi connectivity index (χ3v) is 0.968. The summed E-state index contributed by atoms with van der Waals surface area (Å²) in [6, 6.07) is 0. The van der Waals surface area contributed by atoms with Gasteiger partial charge in [-0.2, -0.15) is 0 Å². The fraction of sp³-hybridized carbons (Fsp3) is 0.714. The van der Waals surface area contributed by atoms with Crippen LogP contribution in [0.5, 0.6) is 0 Å². The Morgan fingerprint density at radius 1 is 1.50 bits per heavy atom. The number of guanidine groups is 1. The molecule has 0 spiro atoms. The number of carbonyl (C=O) groups is 1. The molecule has 0 atom stereocenters. The number of hydrogen-bond acceptors (Lipinski definition) is 3. The highest BCUT2D eigenvalue weighted by atomic mass is 16.5. The van der Waals surface area contributed by atoms with Crippen molar-refractivity contribution in [2.24, 2.45) is 22.4 Å². The maximum absolute atomic E-state index is 10.8. The van der Waals surface area contributed by atoms with Gasteiger partial charge in [0.05, 0.1) is 6.61 Å². The molecule has 0 amide bonds. The molecule has 0 unspecified atom stereocenters. The topological polar surface area (TPSA) is 90.7 Å². The Morgan fingerprint density at radius 2 is 2.08 bits per heavy atom. The molecule has 0 aliphatic heterocycles. The number of rotatable bonds is 4. The molecular formula is C7H15N3O2. The van der Waals surface area contributed by atoms with Crippen LogP contribution in [0.3, 0.4) is 0 Å². The fourth-order valence-corrected chi connectivity index (χ4v) is 0.461. The number of esters is 1. The summed E-state index contributed by atoms with van der Waals surface area (Å²) in [5.74, 6) is -0.179. The molecule has 0 aromatic rings. The van der Waals surface area contributed by atoms with Crippen LogP contribution in [-0.2, 0) is 9.53 Å². The standard InChI is InChI=1S/C7H15N3O2/c1-5(2)4-12-6(11)3-10-7(8)9/h5H,3-4H2,1-2H3,(H4,8,9,10). The fourth-order valence-electron chi connectivity index (χ4n) is 0.461. The largest absolute Gasteiger partial charge is 0.464 e. The van der Waals surface area contributed by atoms with Crippen LogP contribution in [0, 0.1) is 5.92 Å². The van der Waals surface area contributed by atoms with Gasteiger partial charge >= 0.3 is 5.97 Å². The van der Waals surface area contributed by atoms with E-state index in [1.165, 1.54) is 0 Å². The van der Waals surface area contributed by atoms with Crippen molar-refractivity contribution in [3.8, 4) is 0 Å². The van der Waals surface area contributed by atoms with Gasteiger partial charge in [-0.1, -0.05) is 13.8 Å². The number of aliphatic imine (C=N–C) groups is 1. The van der Waals surface area contributed by atoms with Gasteiger partial charge in [0, 0.05) is 0 Å². The van der Waals surface area contributed by atoms with Crippen LogP contribution < -0.4 is 11.5 Å². The Bertz CT molecular complexity index is 173. The van der Waals surface area contributed by atoms with Crippen LogP contribution in [-0.4, -0.2) is 25.1 Å². The van der Waals surface area contributed by atoms with E-state index in [1.807, 2.05) is 13.8 Å². The Labute approximate surface area is 71.8 Å². The summed E-state index contributed by atoms with van der Waals surface area (Å²) < 4.78 is 4.80. The highest BCUT2D eigenvalue weighted by Crippen LogP contribution is 1.92. The molecule has 4 N–H and O–H groups in total. The normalized spacial score (nSPS) is 9.58. The predicted octanol–water partition coefficient (Wildman–Crippen LogP) is -0.541. The van der Waals surface area contributed by atoms with E-state index in [0.717, 1.165) is 0 Å². The summed E-state index contributed by atoms with van der Waals surface area (Å²) in [6.07, 6.45) is 0. The molecule has 5 heteroatoms. The van der Waals surface area contributed by atoms with Gasteiger partial charge in [0.2, 0.25) is 0 Å². The lowest BCUT2D eigenvalue weighted by Gasteiger charge is -2.04. The lowest BCUT2D eigenvalue weighted by molar-refractivity contribution is -0.142. The summed E-state index contributed by atoms with van der Waals surface area (Å²) >= 11 is 0. The molecule has 0 aliphatic carbocycles. The summed E-state index contributed by atoms with van der Waals surface area (Å²) in [5.41, 5.74) is 10.0. The van der Waals surface area contributed by atoms with Crippen molar-refractivity contribution in [3.05, 3.63) is 0 Å². The highest BCUT2D eigenvalue weighted by molar-refractivity contribution is 5.80. The van der Waals surface area contributed by atoms with E-state index in [2.05, 4.69) is 4.99 Å². The third-order valence-electron chi connectivity index (χ3n) is 0.968. The van der Waals surface area contributed by atoms with Gasteiger partial charge in [-0.3, -0.25) is 4.79 Å². The average molecular weight is 173 g/mol. The lowest BCUT2D eigenvalue weighted by Crippen LogP contribution is -2.24. The van der Waals surface area contributed by atoms with E-state index < -0.39 is 5.97 Å². The zero-order valence-electron chi connectivity index (χ0n) is 7.41. The van der Waals surface area contributed by atoms with Crippen LogP contribution in [0.25, 0.3) is 0 Å². The Balaban J connectivity index is 3.54. The number of carbonyl (C=O) groups excluding carboxylic acids is 1. The minimum atomic E-state index is -0.405. The smallest absolute Gasteiger partial charge is 0.327 e. The van der Waals surface area contributed by atoms with Crippen molar-refractivity contribution < 1.29 is 9.53 Å². The van der Waals surface area contributed by atoms with Crippen molar-refractivity contribution in [3.63, 3.8) is 0 Å². The van der Waals surface area contributed by atoms with Crippen LogP contribution >= 0.6 is 0 Å². The Kier molecular flexibility index (Phi) is 4.83. The van der Waals surface area contributed by atoms with E-state index in [4.69, 9.17) is 16.2 Å². The first-order valence-electron chi connectivity index (χ1n) is 3.73. The van der Waals surface area contributed by atoms with E-state index in [9.17, 15) is 4.79 Å². The molecule has 0 aliphatic rings. The quantitative estimate of drug-likeness (QED) is 0.339. The molecule has 0 heterocycles. The van der Waals surface area contributed by atoms with Crippen LogP contribution in [0.4, 0.5) is 0 Å². The minimum Gasteiger partial charge on any atom is -0.464 e. The van der Waals surface area contributed by atoms with Gasteiger partial charge in [0.25, 0.3) is 0 Å². The Hall–Kier alpha value is -1.26. The van der Waals surface area contributed by atoms with Gasteiger partial charge < -0.3 is 16.2 Å². The zero-order valence-corrected chi connectivity index (χ0v) is 7.41. The number of nitrogens with two attached hydrogens (primary N) is 2. The number of ether oxygens (including phenoxy) is 1. The molecule has 0 fully saturated rings. The predicted molar refractivity (Wildman–Crippen MR) is 46.5 cm³/mol. The molecule has 70 valence electrons. The number of hydrogen-bond donors (Lipinski definition) is 2. The average Bonchev–Trinajstić information content (AvgIpc) is 1.96. The highest BCUT2D eigenvalue weighted by Gasteiger charge is 2.02. The second-order valence-electron chi connectivity index (χ2n) is 2.82. The summed E-state index contributed by atoms with van der Waals surface area (Å²) in [4.78, 5) is 14.3. The maximum Gasteiger partial charge on any atom is 0.327 e. The molecule has 12 heavy (non-hydrogen) atoms. The van der Waals surface area contributed by atoms with Gasteiger partial charge in [-0.25, -0.2) is 4.99 Å². The minimum absolute atomic E-state index is 0.100. The van der Waals surface area contributed by atoms with Crippen molar-refractivity contribution in [1.29, 1.82) is 0 Å². The third kappa shape index (κ3) is 6.85. The molecule has 5 nitrogen and oxygen atoms in total. The summed E-state index contributed by atoms with van der Waals surface area (Å²) in [5, 5.41) is 0. The van der Waals surface area contributed by atoms with Gasteiger partial charge in [-0.05, 0) is 5.92 Å². The molecule has 0 aromatic heterocycles. The monoisotopic (exact) mass is 173 g/mol. The summed E-state index contributed by atoms with van der Waals surface area (Å²) in [6.45, 7) is 4.20. The number of nitrogens with zero attached hydrogens (tertiary/aromatic N) is 1. The first-order chi connectivity index (χ1) is 5.52.